The molecule has 0 atom stereocenters. The molecule has 0 unspecified atom stereocenters. The van der Waals surface area contributed by atoms with Crippen molar-refractivity contribution in [2.75, 3.05) is 31.6 Å². The number of amides is 2. The Bertz CT molecular complexity index is 630. The number of nitrogens with one attached hydrogen (secondary N) is 2. The average Bonchev–Trinajstić information content (AvgIpc) is 2.66. The number of hydrogen-bond acceptors (Lipinski definition) is 4. The van der Waals surface area contributed by atoms with Gasteiger partial charge >= 0.3 is 0 Å². The molecule has 1 aliphatic heterocycles. The van der Waals surface area contributed by atoms with Gasteiger partial charge in [0.15, 0.2) is 5.11 Å². The molecule has 26 heavy (non-hydrogen) atoms. The number of morpholine rings is 1. The SMILES string of the molecule is CCCCCCC(=O)NC(=S)Nc1ccccc1C(=O)N1CCOCC1. The highest BCUT2D eigenvalue weighted by Crippen LogP contribution is 2.18. The maximum atomic E-state index is 12.7. The molecule has 1 heterocycles. The molecule has 0 radical (unpaired) electrons. The Morgan fingerprint density at radius 2 is 1.88 bits per heavy atom. The number of rotatable bonds is 7. The van der Waals surface area contributed by atoms with Gasteiger partial charge in [-0.15, -0.1) is 0 Å². The lowest BCUT2D eigenvalue weighted by Gasteiger charge is -2.27. The number of thiocarbonyl (C=S) groups is 1. The van der Waals surface area contributed by atoms with E-state index in [4.69, 9.17) is 17.0 Å². The summed E-state index contributed by atoms with van der Waals surface area (Å²) >= 11 is 5.23. The predicted octanol–water partition coefficient (Wildman–Crippen LogP) is 2.94. The topological polar surface area (TPSA) is 70.7 Å². The second-order valence-electron chi connectivity index (χ2n) is 6.26. The summed E-state index contributed by atoms with van der Waals surface area (Å²) in [5, 5.41) is 5.89. The van der Waals surface area contributed by atoms with Crippen molar-refractivity contribution in [1.29, 1.82) is 0 Å². The van der Waals surface area contributed by atoms with Gasteiger partial charge in [0.1, 0.15) is 0 Å². The minimum atomic E-state index is -0.101. The van der Waals surface area contributed by atoms with Crippen LogP contribution in [0.5, 0.6) is 0 Å². The van der Waals surface area contributed by atoms with Crippen molar-refractivity contribution in [3.05, 3.63) is 29.8 Å². The molecule has 2 rings (SSSR count). The molecule has 142 valence electrons. The molecule has 1 aliphatic rings. The Balaban J connectivity index is 1.91. The van der Waals surface area contributed by atoms with Crippen LogP contribution in [0.15, 0.2) is 24.3 Å². The van der Waals surface area contributed by atoms with Crippen LogP contribution >= 0.6 is 12.2 Å². The summed E-state index contributed by atoms with van der Waals surface area (Å²) in [6.45, 7) is 4.38. The highest BCUT2D eigenvalue weighted by molar-refractivity contribution is 7.80. The van der Waals surface area contributed by atoms with Gasteiger partial charge in [-0.25, -0.2) is 0 Å². The Kier molecular flexibility index (Phi) is 8.50. The van der Waals surface area contributed by atoms with Crippen LogP contribution in [0.25, 0.3) is 0 Å². The van der Waals surface area contributed by atoms with Crippen LogP contribution in [0.3, 0.4) is 0 Å². The molecule has 2 N–H and O–H groups in total. The van der Waals surface area contributed by atoms with Gasteiger partial charge < -0.3 is 20.3 Å². The lowest BCUT2D eigenvalue weighted by atomic mass is 10.1. The molecule has 7 heteroatoms. The lowest BCUT2D eigenvalue weighted by Crippen LogP contribution is -2.41. The summed E-state index contributed by atoms with van der Waals surface area (Å²) in [5.74, 6) is -0.166. The van der Waals surface area contributed by atoms with E-state index in [1.54, 1.807) is 17.0 Å². The van der Waals surface area contributed by atoms with Crippen molar-refractivity contribution in [3.63, 3.8) is 0 Å². The summed E-state index contributed by atoms with van der Waals surface area (Å²) in [5.41, 5.74) is 1.13. The van der Waals surface area contributed by atoms with E-state index in [-0.39, 0.29) is 16.9 Å². The fourth-order valence-electron chi connectivity index (χ4n) is 2.77. The Morgan fingerprint density at radius 1 is 1.15 bits per heavy atom. The highest BCUT2D eigenvalue weighted by Gasteiger charge is 2.21. The van der Waals surface area contributed by atoms with Gasteiger partial charge in [-0.3, -0.25) is 9.59 Å². The number of anilines is 1. The van der Waals surface area contributed by atoms with Crippen LogP contribution in [0.4, 0.5) is 5.69 Å². The van der Waals surface area contributed by atoms with E-state index < -0.39 is 0 Å². The number of para-hydroxylation sites is 1. The van der Waals surface area contributed by atoms with Crippen molar-refractivity contribution in [1.82, 2.24) is 10.2 Å². The first-order valence-corrected chi connectivity index (χ1v) is 9.59. The van der Waals surface area contributed by atoms with E-state index in [0.717, 1.165) is 25.7 Å². The number of carbonyl (C=O) groups is 2. The minimum Gasteiger partial charge on any atom is -0.378 e. The molecule has 1 saturated heterocycles. The van der Waals surface area contributed by atoms with E-state index in [9.17, 15) is 9.59 Å². The molecule has 1 aromatic carbocycles. The molecular formula is C19H27N3O3S. The van der Waals surface area contributed by atoms with Gasteiger partial charge in [-0.05, 0) is 30.8 Å². The van der Waals surface area contributed by atoms with E-state index in [1.165, 1.54) is 0 Å². The molecule has 2 amide bonds. The first-order valence-electron chi connectivity index (χ1n) is 9.18. The monoisotopic (exact) mass is 377 g/mol. The van der Waals surface area contributed by atoms with Gasteiger partial charge in [0.25, 0.3) is 5.91 Å². The van der Waals surface area contributed by atoms with Gasteiger partial charge in [-0.2, -0.15) is 0 Å². The van der Waals surface area contributed by atoms with E-state index in [2.05, 4.69) is 17.6 Å². The zero-order valence-electron chi connectivity index (χ0n) is 15.3. The predicted molar refractivity (Wildman–Crippen MR) is 106 cm³/mol. The molecule has 0 saturated carbocycles. The second kappa shape index (κ2) is 10.9. The Morgan fingerprint density at radius 3 is 2.62 bits per heavy atom. The van der Waals surface area contributed by atoms with Gasteiger partial charge in [0.05, 0.1) is 24.5 Å². The van der Waals surface area contributed by atoms with Crippen molar-refractivity contribution in [3.8, 4) is 0 Å². The van der Waals surface area contributed by atoms with Crippen LogP contribution in [0, 0.1) is 0 Å². The van der Waals surface area contributed by atoms with Crippen molar-refractivity contribution >= 4 is 34.8 Å². The van der Waals surface area contributed by atoms with Gasteiger partial charge in [-0.1, -0.05) is 38.3 Å². The Hall–Kier alpha value is -1.99. The van der Waals surface area contributed by atoms with Crippen LogP contribution < -0.4 is 10.6 Å². The van der Waals surface area contributed by atoms with E-state index >= 15 is 0 Å². The minimum absolute atomic E-state index is 0.0647. The number of unbranched alkanes of at least 4 members (excludes halogenated alkanes) is 3. The standard InChI is InChI=1S/C19H27N3O3S/c1-2-3-4-5-10-17(23)21-19(26)20-16-9-7-6-8-15(16)18(24)22-11-13-25-14-12-22/h6-9H,2-5,10-14H2,1H3,(H2,20,21,23,26). The number of nitrogens with zero attached hydrogens (tertiary/aromatic N) is 1. The van der Waals surface area contributed by atoms with E-state index in [1.807, 2.05) is 12.1 Å². The molecular weight excluding hydrogens is 350 g/mol. The summed E-state index contributed by atoms with van der Waals surface area (Å²) in [6.07, 6.45) is 4.62. The first kappa shape index (κ1) is 20.3. The third kappa shape index (κ3) is 6.38. The molecule has 6 nitrogen and oxygen atoms in total. The van der Waals surface area contributed by atoms with E-state index in [0.29, 0.717) is 44.0 Å². The zero-order valence-corrected chi connectivity index (χ0v) is 16.1. The highest BCUT2D eigenvalue weighted by atomic mass is 32.1. The number of hydrogen-bond donors (Lipinski definition) is 2. The molecule has 1 aromatic rings. The number of carbonyl (C=O) groups excluding carboxylic acids is 2. The first-order chi connectivity index (χ1) is 12.6. The number of benzene rings is 1. The molecule has 0 aliphatic carbocycles. The average molecular weight is 378 g/mol. The quantitative estimate of drug-likeness (QED) is 0.565. The molecule has 0 aromatic heterocycles. The second-order valence-corrected chi connectivity index (χ2v) is 6.67. The zero-order chi connectivity index (χ0) is 18.8. The summed E-state index contributed by atoms with van der Waals surface area (Å²) in [6, 6.07) is 7.19. The fraction of sp³-hybridized carbons (Fsp3) is 0.526. The van der Waals surface area contributed by atoms with Crippen LogP contribution in [-0.4, -0.2) is 48.1 Å². The van der Waals surface area contributed by atoms with Crippen molar-refractivity contribution < 1.29 is 14.3 Å². The van der Waals surface area contributed by atoms with Gasteiger partial charge in [0, 0.05) is 19.5 Å². The molecule has 0 bridgehead atoms. The fourth-order valence-corrected chi connectivity index (χ4v) is 2.99. The maximum Gasteiger partial charge on any atom is 0.256 e. The largest absolute Gasteiger partial charge is 0.378 e. The smallest absolute Gasteiger partial charge is 0.256 e. The third-order valence-corrected chi connectivity index (χ3v) is 4.42. The van der Waals surface area contributed by atoms with Crippen molar-refractivity contribution in [2.24, 2.45) is 0 Å². The lowest BCUT2D eigenvalue weighted by molar-refractivity contribution is -0.119. The summed E-state index contributed by atoms with van der Waals surface area (Å²) < 4.78 is 5.29. The van der Waals surface area contributed by atoms with Crippen molar-refractivity contribution in [2.45, 2.75) is 39.0 Å². The Labute approximate surface area is 160 Å². The van der Waals surface area contributed by atoms with Crippen LogP contribution in [0.2, 0.25) is 0 Å². The summed E-state index contributed by atoms with van der Waals surface area (Å²) in [7, 11) is 0. The molecule has 0 spiro atoms. The van der Waals surface area contributed by atoms with Crippen LogP contribution in [0.1, 0.15) is 49.4 Å². The normalized spacial score (nSPS) is 14.0. The number of ether oxygens (including phenoxy) is 1. The van der Waals surface area contributed by atoms with Gasteiger partial charge in [0.2, 0.25) is 5.91 Å². The van der Waals surface area contributed by atoms with Crippen LogP contribution in [-0.2, 0) is 9.53 Å². The maximum absolute atomic E-state index is 12.7. The molecule has 1 fully saturated rings. The third-order valence-electron chi connectivity index (χ3n) is 4.21. The summed E-state index contributed by atoms with van der Waals surface area (Å²) in [4.78, 5) is 26.4.